The molecule has 0 atom stereocenters. The highest BCUT2D eigenvalue weighted by atomic mass is 16.7. The Bertz CT molecular complexity index is 663. The van der Waals surface area contributed by atoms with Crippen molar-refractivity contribution in [2.75, 3.05) is 0 Å². The third-order valence-electron chi connectivity index (χ3n) is 4.29. The second-order valence-electron chi connectivity index (χ2n) is 6.55. The van der Waals surface area contributed by atoms with Gasteiger partial charge in [0.15, 0.2) is 0 Å². The fourth-order valence-electron chi connectivity index (χ4n) is 2.19. The molecule has 1 saturated heterocycles. The van der Waals surface area contributed by atoms with E-state index < -0.39 is 7.12 Å². The van der Waals surface area contributed by atoms with Gasteiger partial charge >= 0.3 is 7.12 Å². The SMILES string of the molecule is CC1(C)OB(c2ccnc(OCc3cncnc3)c2)OC1(C)C. The highest BCUT2D eigenvalue weighted by molar-refractivity contribution is 6.62. The minimum absolute atomic E-state index is 0.362. The average molecular weight is 313 g/mol. The van der Waals surface area contributed by atoms with Crippen LogP contribution in [0.25, 0.3) is 0 Å². The highest BCUT2D eigenvalue weighted by Crippen LogP contribution is 2.36. The van der Waals surface area contributed by atoms with Crippen LogP contribution in [0.2, 0.25) is 0 Å². The molecule has 0 bridgehead atoms. The average Bonchev–Trinajstić information content (AvgIpc) is 2.75. The lowest BCUT2D eigenvalue weighted by Crippen LogP contribution is -2.41. The minimum atomic E-state index is -0.426. The van der Waals surface area contributed by atoms with Gasteiger partial charge in [0.05, 0.1) is 11.2 Å². The molecule has 23 heavy (non-hydrogen) atoms. The van der Waals surface area contributed by atoms with Crippen molar-refractivity contribution in [3.05, 3.63) is 42.6 Å². The van der Waals surface area contributed by atoms with E-state index in [1.165, 1.54) is 6.33 Å². The summed E-state index contributed by atoms with van der Waals surface area (Å²) in [6.07, 6.45) is 6.61. The van der Waals surface area contributed by atoms with Crippen LogP contribution >= 0.6 is 0 Å². The molecular formula is C16H20BN3O3. The Balaban J connectivity index is 1.71. The number of aromatic nitrogens is 3. The fraction of sp³-hybridized carbons (Fsp3) is 0.438. The molecule has 0 aromatic carbocycles. The van der Waals surface area contributed by atoms with Crippen molar-refractivity contribution in [1.82, 2.24) is 15.0 Å². The van der Waals surface area contributed by atoms with Gasteiger partial charge in [0, 0.05) is 30.2 Å². The summed E-state index contributed by atoms with van der Waals surface area (Å²) in [4.78, 5) is 12.1. The van der Waals surface area contributed by atoms with Crippen molar-refractivity contribution in [2.45, 2.75) is 45.5 Å². The molecule has 3 rings (SSSR count). The van der Waals surface area contributed by atoms with Gasteiger partial charge < -0.3 is 14.0 Å². The van der Waals surface area contributed by atoms with Crippen LogP contribution in [0.4, 0.5) is 0 Å². The lowest BCUT2D eigenvalue weighted by Gasteiger charge is -2.32. The molecule has 3 heterocycles. The summed E-state index contributed by atoms with van der Waals surface area (Å²) in [5.74, 6) is 0.515. The number of nitrogens with zero attached hydrogens (tertiary/aromatic N) is 3. The van der Waals surface area contributed by atoms with Crippen molar-refractivity contribution >= 4 is 12.6 Å². The van der Waals surface area contributed by atoms with Crippen molar-refractivity contribution in [3.63, 3.8) is 0 Å². The molecule has 2 aromatic rings. The number of ether oxygens (including phenoxy) is 1. The lowest BCUT2D eigenvalue weighted by atomic mass is 9.80. The molecular weight excluding hydrogens is 293 g/mol. The monoisotopic (exact) mass is 313 g/mol. The van der Waals surface area contributed by atoms with Crippen LogP contribution in [0.15, 0.2) is 37.1 Å². The molecule has 1 aliphatic rings. The molecule has 0 aliphatic carbocycles. The van der Waals surface area contributed by atoms with Gasteiger partial charge in [-0.25, -0.2) is 15.0 Å². The van der Waals surface area contributed by atoms with Crippen LogP contribution < -0.4 is 10.2 Å². The molecule has 0 amide bonds. The molecule has 2 aromatic heterocycles. The molecule has 0 unspecified atom stereocenters. The molecule has 120 valence electrons. The zero-order valence-corrected chi connectivity index (χ0v) is 13.8. The van der Waals surface area contributed by atoms with Crippen LogP contribution in [0, 0.1) is 0 Å². The molecule has 1 aliphatic heterocycles. The Morgan fingerprint density at radius 3 is 2.39 bits per heavy atom. The molecule has 0 N–H and O–H groups in total. The maximum absolute atomic E-state index is 6.04. The van der Waals surface area contributed by atoms with E-state index in [0.29, 0.717) is 12.5 Å². The first-order valence-electron chi connectivity index (χ1n) is 7.56. The van der Waals surface area contributed by atoms with Gasteiger partial charge in [0.1, 0.15) is 12.9 Å². The van der Waals surface area contributed by atoms with Crippen molar-refractivity contribution in [3.8, 4) is 5.88 Å². The first-order valence-corrected chi connectivity index (χ1v) is 7.56. The van der Waals surface area contributed by atoms with Crippen LogP contribution in [-0.2, 0) is 15.9 Å². The van der Waals surface area contributed by atoms with Crippen LogP contribution in [-0.4, -0.2) is 33.3 Å². The summed E-state index contributed by atoms with van der Waals surface area (Å²) in [6, 6.07) is 3.71. The Morgan fingerprint density at radius 2 is 1.74 bits per heavy atom. The number of pyridine rings is 1. The zero-order chi connectivity index (χ0) is 16.5. The summed E-state index contributed by atoms with van der Waals surface area (Å²) in [6.45, 7) is 8.48. The predicted molar refractivity (Wildman–Crippen MR) is 86.3 cm³/mol. The maximum Gasteiger partial charge on any atom is 0.495 e. The second kappa shape index (κ2) is 5.90. The molecule has 0 radical (unpaired) electrons. The third-order valence-corrected chi connectivity index (χ3v) is 4.29. The van der Waals surface area contributed by atoms with E-state index in [1.807, 2.05) is 39.8 Å². The van der Waals surface area contributed by atoms with E-state index in [2.05, 4.69) is 15.0 Å². The van der Waals surface area contributed by atoms with Gasteiger partial charge in [-0.05, 0) is 39.2 Å². The molecule has 6 nitrogen and oxygen atoms in total. The molecule has 0 saturated carbocycles. The van der Waals surface area contributed by atoms with Gasteiger partial charge in [-0.2, -0.15) is 0 Å². The summed E-state index contributed by atoms with van der Waals surface area (Å²) in [5, 5.41) is 0. The third kappa shape index (κ3) is 3.35. The quantitative estimate of drug-likeness (QED) is 0.801. The standard InChI is InChI=1S/C16H20BN3O3/c1-15(2)16(3,4)23-17(22-15)13-5-6-20-14(7-13)21-10-12-8-18-11-19-9-12/h5-9,11H,10H2,1-4H3. The summed E-state index contributed by atoms with van der Waals surface area (Å²) in [5.41, 5.74) is 1.03. The largest absolute Gasteiger partial charge is 0.495 e. The van der Waals surface area contributed by atoms with E-state index in [4.69, 9.17) is 14.0 Å². The van der Waals surface area contributed by atoms with Gasteiger partial charge in [0.25, 0.3) is 0 Å². The summed E-state index contributed by atoms with van der Waals surface area (Å²) >= 11 is 0. The zero-order valence-electron chi connectivity index (χ0n) is 13.8. The topological polar surface area (TPSA) is 66.4 Å². The van der Waals surface area contributed by atoms with E-state index in [1.54, 1.807) is 18.6 Å². The van der Waals surface area contributed by atoms with Crippen LogP contribution in [0.1, 0.15) is 33.3 Å². The normalized spacial score (nSPS) is 18.9. The number of hydrogen-bond acceptors (Lipinski definition) is 6. The Kier molecular flexibility index (Phi) is 4.08. The fourth-order valence-corrected chi connectivity index (χ4v) is 2.19. The van der Waals surface area contributed by atoms with Gasteiger partial charge in [-0.3, -0.25) is 0 Å². The first kappa shape index (κ1) is 15.9. The van der Waals surface area contributed by atoms with Crippen LogP contribution in [0.5, 0.6) is 5.88 Å². The Morgan fingerprint density at radius 1 is 1.09 bits per heavy atom. The van der Waals surface area contributed by atoms with E-state index in [0.717, 1.165) is 11.0 Å². The predicted octanol–water partition coefficient (Wildman–Crippen LogP) is 1.75. The summed E-state index contributed by atoms with van der Waals surface area (Å²) in [7, 11) is -0.426. The van der Waals surface area contributed by atoms with Crippen molar-refractivity contribution < 1.29 is 14.0 Å². The number of rotatable bonds is 4. The molecule has 0 spiro atoms. The molecule has 1 fully saturated rings. The van der Waals surface area contributed by atoms with Gasteiger partial charge in [-0.15, -0.1) is 0 Å². The van der Waals surface area contributed by atoms with Crippen LogP contribution in [0.3, 0.4) is 0 Å². The Labute approximate surface area is 136 Å². The van der Waals surface area contributed by atoms with Crippen molar-refractivity contribution in [1.29, 1.82) is 0 Å². The molecule has 7 heteroatoms. The Hall–Kier alpha value is -1.99. The first-order chi connectivity index (χ1) is 10.9. The van der Waals surface area contributed by atoms with E-state index >= 15 is 0 Å². The lowest BCUT2D eigenvalue weighted by molar-refractivity contribution is 0.00578. The maximum atomic E-state index is 6.04. The smallest absolute Gasteiger partial charge is 0.473 e. The summed E-state index contributed by atoms with van der Waals surface area (Å²) < 4.78 is 17.8. The van der Waals surface area contributed by atoms with E-state index in [-0.39, 0.29) is 11.2 Å². The number of hydrogen-bond donors (Lipinski definition) is 0. The van der Waals surface area contributed by atoms with Gasteiger partial charge in [0.2, 0.25) is 5.88 Å². The second-order valence-corrected chi connectivity index (χ2v) is 6.55. The van der Waals surface area contributed by atoms with E-state index in [9.17, 15) is 0 Å². The highest BCUT2D eigenvalue weighted by Gasteiger charge is 2.51. The van der Waals surface area contributed by atoms with Crippen molar-refractivity contribution in [2.24, 2.45) is 0 Å². The minimum Gasteiger partial charge on any atom is -0.473 e. The van der Waals surface area contributed by atoms with Gasteiger partial charge in [-0.1, -0.05) is 0 Å².